The topological polar surface area (TPSA) is 32.8 Å². The standard InChI is InChI=1S/C20H21ClN2O2S/c1-2-25-20(24)23-11-9-22(10-12-23)19(17-8-13-26-15-17)7-6-16-4-3-5-18(21)14-16/h3-5,8,13-15,19H,2,9-12H2,1H3. The van der Waals surface area contributed by atoms with Gasteiger partial charge >= 0.3 is 6.09 Å². The van der Waals surface area contributed by atoms with Crippen LogP contribution in [0.2, 0.25) is 5.02 Å². The van der Waals surface area contributed by atoms with Gasteiger partial charge in [-0.15, -0.1) is 0 Å². The maximum Gasteiger partial charge on any atom is 0.409 e. The molecule has 0 saturated carbocycles. The Labute approximate surface area is 163 Å². The number of piperazine rings is 1. The molecule has 1 amide bonds. The minimum absolute atomic E-state index is 0.00424. The van der Waals surface area contributed by atoms with E-state index in [0.717, 1.165) is 18.7 Å². The highest BCUT2D eigenvalue weighted by molar-refractivity contribution is 7.08. The van der Waals surface area contributed by atoms with E-state index in [1.807, 2.05) is 31.2 Å². The molecule has 1 aliphatic rings. The van der Waals surface area contributed by atoms with Crippen molar-refractivity contribution >= 4 is 29.0 Å². The van der Waals surface area contributed by atoms with Crippen LogP contribution in [0, 0.1) is 11.8 Å². The smallest absolute Gasteiger partial charge is 0.409 e. The highest BCUT2D eigenvalue weighted by Crippen LogP contribution is 2.24. The molecular formula is C20H21ClN2O2S. The molecule has 6 heteroatoms. The van der Waals surface area contributed by atoms with Gasteiger partial charge in [-0.25, -0.2) is 4.79 Å². The molecule has 3 rings (SSSR count). The third kappa shape index (κ3) is 4.79. The van der Waals surface area contributed by atoms with Crippen molar-refractivity contribution in [1.29, 1.82) is 0 Å². The Morgan fingerprint density at radius 3 is 2.77 bits per heavy atom. The molecule has 136 valence electrons. The highest BCUT2D eigenvalue weighted by atomic mass is 35.5. The number of carbonyl (C=O) groups excluding carboxylic acids is 1. The number of thiophene rings is 1. The molecule has 1 atom stereocenters. The molecule has 26 heavy (non-hydrogen) atoms. The quantitative estimate of drug-likeness (QED) is 0.736. The van der Waals surface area contributed by atoms with E-state index < -0.39 is 0 Å². The summed E-state index contributed by atoms with van der Waals surface area (Å²) in [6, 6.07) is 9.70. The Kier molecular flexibility index (Phi) is 6.56. The Morgan fingerprint density at radius 2 is 2.12 bits per heavy atom. The molecule has 1 aliphatic heterocycles. The van der Waals surface area contributed by atoms with Crippen LogP contribution in [0.1, 0.15) is 24.1 Å². The molecule has 1 saturated heterocycles. The summed E-state index contributed by atoms with van der Waals surface area (Å²) in [5, 5.41) is 4.89. The van der Waals surface area contributed by atoms with Crippen LogP contribution in [0.25, 0.3) is 0 Å². The van der Waals surface area contributed by atoms with Gasteiger partial charge in [0.2, 0.25) is 0 Å². The zero-order valence-corrected chi connectivity index (χ0v) is 16.2. The first-order valence-corrected chi connectivity index (χ1v) is 9.94. The molecular weight excluding hydrogens is 368 g/mol. The molecule has 2 heterocycles. The van der Waals surface area contributed by atoms with Gasteiger partial charge in [-0.05, 0) is 47.5 Å². The van der Waals surface area contributed by atoms with Gasteiger partial charge in [0.05, 0.1) is 12.6 Å². The normalized spacial score (nSPS) is 15.8. The first-order valence-electron chi connectivity index (χ1n) is 8.62. The van der Waals surface area contributed by atoms with E-state index in [2.05, 4.69) is 33.6 Å². The maximum atomic E-state index is 11.9. The molecule has 0 N–H and O–H groups in total. The zero-order valence-electron chi connectivity index (χ0n) is 14.7. The molecule has 1 fully saturated rings. The van der Waals surface area contributed by atoms with Gasteiger partial charge in [-0.2, -0.15) is 11.3 Å². The summed E-state index contributed by atoms with van der Waals surface area (Å²) in [7, 11) is 0. The lowest BCUT2D eigenvalue weighted by Gasteiger charge is -2.36. The minimum atomic E-state index is -0.232. The number of ether oxygens (including phenoxy) is 1. The summed E-state index contributed by atoms with van der Waals surface area (Å²) in [6.45, 7) is 5.07. The van der Waals surface area contributed by atoms with Crippen LogP contribution >= 0.6 is 22.9 Å². The molecule has 1 aromatic heterocycles. The van der Waals surface area contributed by atoms with Gasteiger partial charge in [0.15, 0.2) is 0 Å². The molecule has 1 unspecified atom stereocenters. The first-order chi connectivity index (χ1) is 12.7. The summed E-state index contributed by atoms with van der Waals surface area (Å²) in [6.07, 6.45) is -0.232. The van der Waals surface area contributed by atoms with E-state index in [0.29, 0.717) is 24.7 Å². The van der Waals surface area contributed by atoms with Gasteiger partial charge in [-0.1, -0.05) is 29.5 Å². The van der Waals surface area contributed by atoms with Crippen molar-refractivity contribution in [2.75, 3.05) is 32.8 Å². The van der Waals surface area contributed by atoms with E-state index in [4.69, 9.17) is 16.3 Å². The number of benzene rings is 1. The Morgan fingerprint density at radius 1 is 1.31 bits per heavy atom. The lowest BCUT2D eigenvalue weighted by Crippen LogP contribution is -2.49. The predicted molar refractivity (Wildman–Crippen MR) is 106 cm³/mol. The number of hydrogen-bond acceptors (Lipinski definition) is 4. The number of nitrogens with zero attached hydrogens (tertiary/aromatic N) is 2. The fraction of sp³-hybridized carbons (Fsp3) is 0.350. The van der Waals surface area contributed by atoms with E-state index in [-0.39, 0.29) is 12.1 Å². The third-order valence-corrected chi connectivity index (χ3v) is 5.18. The number of amides is 1. The zero-order chi connectivity index (χ0) is 18.4. The first kappa shape index (κ1) is 18.8. The summed E-state index contributed by atoms with van der Waals surface area (Å²) in [5.41, 5.74) is 2.09. The van der Waals surface area contributed by atoms with Crippen LogP contribution in [0.5, 0.6) is 0 Å². The second-order valence-electron chi connectivity index (χ2n) is 5.96. The van der Waals surface area contributed by atoms with Gasteiger partial charge < -0.3 is 9.64 Å². The molecule has 0 aliphatic carbocycles. The summed E-state index contributed by atoms with van der Waals surface area (Å²) < 4.78 is 5.10. The second-order valence-corrected chi connectivity index (χ2v) is 7.18. The van der Waals surface area contributed by atoms with Crippen molar-refractivity contribution in [3.8, 4) is 11.8 Å². The minimum Gasteiger partial charge on any atom is -0.450 e. The van der Waals surface area contributed by atoms with Crippen molar-refractivity contribution < 1.29 is 9.53 Å². The second kappa shape index (κ2) is 9.09. The largest absolute Gasteiger partial charge is 0.450 e. The highest BCUT2D eigenvalue weighted by Gasteiger charge is 2.26. The van der Waals surface area contributed by atoms with E-state index in [1.54, 1.807) is 16.2 Å². The number of rotatable bonds is 3. The van der Waals surface area contributed by atoms with Crippen LogP contribution < -0.4 is 0 Å². The average Bonchev–Trinajstić information content (AvgIpc) is 3.17. The van der Waals surface area contributed by atoms with Crippen molar-refractivity contribution in [2.24, 2.45) is 0 Å². The Balaban J connectivity index is 1.74. The van der Waals surface area contributed by atoms with E-state index >= 15 is 0 Å². The Hall–Kier alpha value is -2.00. The van der Waals surface area contributed by atoms with Crippen molar-refractivity contribution in [1.82, 2.24) is 9.80 Å². The van der Waals surface area contributed by atoms with Gasteiger partial charge in [0, 0.05) is 36.8 Å². The van der Waals surface area contributed by atoms with E-state index in [1.165, 1.54) is 5.56 Å². The lowest BCUT2D eigenvalue weighted by molar-refractivity contribution is 0.0736. The monoisotopic (exact) mass is 388 g/mol. The molecule has 4 nitrogen and oxygen atoms in total. The van der Waals surface area contributed by atoms with Crippen LogP contribution in [0.15, 0.2) is 41.1 Å². The molecule has 1 aromatic carbocycles. The van der Waals surface area contributed by atoms with E-state index in [9.17, 15) is 4.79 Å². The van der Waals surface area contributed by atoms with Gasteiger partial charge in [0.25, 0.3) is 0 Å². The number of halogens is 1. The molecule has 0 radical (unpaired) electrons. The van der Waals surface area contributed by atoms with Crippen LogP contribution in [-0.2, 0) is 4.74 Å². The average molecular weight is 389 g/mol. The number of hydrogen-bond donors (Lipinski definition) is 0. The maximum absolute atomic E-state index is 11.9. The molecule has 0 spiro atoms. The third-order valence-electron chi connectivity index (χ3n) is 4.24. The SMILES string of the molecule is CCOC(=O)N1CCN(C(C#Cc2cccc(Cl)c2)c2ccsc2)CC1. The van der Waals surface area contributed by atoms with Crippen molar-refractivity contribution in [3.63, 3.8) is 0 Å². The van der Waals surface area contributed by atoms with Crippen LogP contribution in [-0.4, -0.2) is 48.7 Å². The fourth-order valence-electron chi connectivity index (χ4n) is 2.91. The van der Waals surface area contributed by atoms with Crippen molar-refractivity contribution in [3.05, 3.63) is 57.2 Å². The summed E-state index contributed by atoms with van der Waals surface area (Å²) in [4.78, 5) is 16.0. The summed E-state index contributed by atoms with van der Waals surface area (Å²) >= 11 is 7.72. The van der Waals surface area contributed by atoms with Gasteiger partial charge in [-0.3, -0.25) is 4.90 Å². The lowest BCUT2D eigenvalue weighted by atomic mass is 10.1. The molecule has 0 bridgehead atoms. The van der Waals surface area contributed by atoms with Gasteiger partial charge in [0.1, 0.15) is 0 Å². The molecule has 2 aromatic rings. The van der Waals surface area contributed by atoms with Crippen molar-refractivity contribution in [2.45, 2.75) is 13.0 Å². The summed E-state index contributed by atoms with van der Waals surface area (Å²) in [5.74, 6) is 6.64. The fourth-order valence-corrected chi connectivity index (χ4v) is 3.78. The number of carbonyl (C=O) groups is 1. The van der Waals surface area contributed by atoms with Crippen LogP contribution in [0.4, 0.5) is 4.79 Å². The Bertz CT molecular complexity index is 790. The van der Waals surface area contributed by atoms with Crippen LogP contribution in [0.3, 0.4) is 0 Å². The predicted octanol–water partition coefficient (Wildman–Crippen LogP) is 4.27.